The van der Waals surface area contributed by atoms with Crippen molar-refractivity contribution < 1.29 is 9.32 Å². The van der Waals surface area contributed by atoms with Crippen LogP contribution in [-0.2, 0) is 12.0 Å². The number of pyridine rings is 1. The van der Waals surface area contributed by atoms with Crippen LogP contribution in [0.1, 0.15) is 54.0 Å². The van der Waals surface area contributed by atoms with E-state index >= 15 is 0 Å². The van der Waals surface area contributed by atoms with Gasteiger partial charge in [-0.05, 0) is 23.6 Å². The van der Waals surface area contributed by atoms with E-state index in [9.17, 15) is 10.1 Å². The second-order valence-corrected chi connectivity index (χ2v) is 9.43. The van der Waals surface area contributed by atoms with Gasteiger partial charge in [-0.1, -0.05) is 44.1 Å². The molecule has 9 nitrogen and oxygen atoms in total. The monoisotopic (exact) mass is 495 g/mol. The Labute approximate surface area is 211 Å². The topological polar surface area (TPSA) is 120 Å². The number of nitrogens with one attached hydrogen (secondary N) is 2. The van der Waals surface area contributed by atoms with E-state index in [0.29, 0.717) is 18.0 Å². The lowest BCUT2D eigenvalue weighted by Gasteiger charge is -2.31. The van der Waals surface area contributed by atoms with Gasteiger partial charge >= 0.3 is 0 Å². The summed E-state index contributed by atoms with van der Waals surface area (Å²) in [7, 11) is 0. The van der Waals surface area contributed by atoms with Crippen molar-refractivity contribution in [3.63, 3.8) is 0 Å². The maximum Gasteiger partial charge on any atom is 0.292 e. The van der Waals surface area contributed by atoms with E-state index in [0.717, 1.165) is 54.1 Å². The maximum atomic E-state index is 12.5. The molecule has 1 saturated heterocycles. The van der Waals surface area contributed by atoms with E-state index in [4.69, 9.17) is 4.52 Å². The number of carbonyl (C=O) groups is 1. The molecule has 1 amide bonds. The van der Waals surface area contributed by atoms with Gasteiger partial charge < -0.3 is 20.1 Å². The van der Waals surface area contributed by atoms with Gasteiger partial charge in [0.1, 0.15) is 6.07 Å². The summed E-state index contributed by atoms with van der Waals surface area (Å²) in [5.41, 5.74) is 5.00. The molecule has 4 rings (SSSR count). The van der Waals surface area contributed by atoms with Gasteiger partial charge in [0.25, 0.3) is 11.7 Å². The predicted octanol–water partition coefficient (Wildman–Crippen LogP) is 3.37. The van der Waals surface area contributed by atoms with E-state index in [2.05, 4.69) is 42.8 Å². The lowest BCUT2D eigenvalue weighted by molar-refractivity contribution is 0.0937. The number of anilines is 1. The molecule has 0 saturated carbocycles. The zero-order valence-electron chi connectivity index (χ0n) is 20.4. The van der Waals surface area contributed by atoms with Crippen LogP contribution in [0.3, 0.4) is 0 Å². The smallest absolute Gasteiger partial charge is 0.292 e. The maximum absolute atomic E-state index is 12.5. The van der Waals surface area contributed by atoms with Crippen molar-refractivity contribution in [3.05, 3.63) is 59.0 Å². The van der Waals surface area contributed by atoms with Gasteiger partial charge in [0.05, 0.1) is 17.4 Å². The highest BCUT2D eigenvalue weighted by atomic mass is 35.5. The minimum absolute atomic E-state index is 0. The standard InChI is InChI=1S/C25H29N7O2.ClH/c1-16-11-17(21-19(12-26)13-28-15-20(21)32-9-7-27-8-10-32)5-6-18(16)14-29-23(33)22-30-24(34-31-22)25(2,3)4;/h5-6,11,13,15,27H,7-10,14H2,1-4H3,(H,29,33);1H. The highest BCUT2D eigenvalue weighted by molar-refractivity contribution is 5.90. The zero-order valence-corrected chi connectivity index (χ0v) is 21.2. The van der Waals surface area contributed by atoms with Crippen LogP contribution in [0.2, 0.25) is 0 Å². The Morgan fingerprint density at radius 3 is 2.63 bits per heavy atom. The first-order chi connectivity index (χ1) is 16.3. The number of aromatic nitrogens is 3. The lowest BCUT2D eigenvalue weighted by Crippen LogP contribution is -2.43. The number of benzene rings is 1. The molecule has 1 aromatic carbocycles. The minimum atomic E-state index is -0.385. The molecule has 1 aliphatic rings. The fraction of sp³-hybridized carbons (Fsp3) is 0.400. The second kappa shape index (κ2) is 10.8. The minimum Gasteiger partial charge on any atom is -0.367 e. The van der Waals surface area contributed by atoms with Gasteiger partial charge in [-0.25, -0.2) is 0 Å². The third-order valence-electron chi connectivity index (χ3n) is 5.85. The van der Waals surface area contributed by atoms with Crippen molar-refractivity contribution >= 4 is 24.0 Å². The number of rotatable bonds is 5. The first-order valence-electron chi connectivity index (χ1n) is 11.3. The Balaban J connectivity index is 0.00000342. The number of amides is 1. The van der Waals surface area contributed by atoms with Gasteiger partial charge in [-0.2, -0.15) is 10.2 Å². The summed E-state index contributed by atoms with van der Waals surface area (Å²) in [5.74, 6) is 0.0593. The van der Waals surface area contributed by atoms with Crippen molar-refractivity contribution in [2.75, 3.05) is 31.1 Å². The number of piperazine rings is 1. The van der Waals surface area contributed by atoms with Crippen LogP contribution >= 0.6 is 12.4 Å². The molecular formula is C25H30ClN7O2. The molecular weight excluding hydrogens is 466 g/mol. The van der Waals surface area contributed by atoms with Gasteiger partial charge in [0.15, 0.2) is 0 Å². The number of halogens is 1. The SMILES string of the molecule is Cc1cc(-c2c(C#N)cncc2N2CCNCC2)ccc1CNC(=O)c1noc(C(C)(C)C)n1.Cl. The second-order valence-electron chi connectivity index (χ2n) is 9.43. The van der Waals surface area contributed by atoms with Crippen molar-refractivity contribution in [2.24, 2.45) is 0 Å². The van der Waals surface area contributed by atoms with Gasteiger partial charge in [-0.3, -0.25) is 9.78 Å². The largest absolute Gasteiger partial charge is 0.367 e. The van der Waals surface area contributed by atoms with E-state index in [1.54, 1.807) is 6.20 Å². The van der Waals surface area contributed by atoms with Crippen LogP contribution in [0.25, 0.3) is 11.1 Å². The molecule has 1 fully saturated rings. The van der Waals surface area contributed by atoms with Crippen molar-refractivity contribution in [2.45, 2.75) is 39.7 Å². The Morgan fingerprint density at radius 2 is 2.00 bits per heavy atom. The molecule has 184 valence electrons. The van der Waals surface area contributed by atoms with Crippen molar-refractivity contribution in [1.29, 1.82) is 5.26 Å². The number of aryl methyl sites for hydroxylation is 1. The Kier molecular flexibility index (Phi) is 8.10. The molecule has 2 aromatic heterocycles. The fourth-order valence-electron chi connectivity index (χ4n) is 3.91. The highest BCUT2D eigenvalue weighted by Gasteiger charge is 2.24. The average Bonchev–Trinajstić information content (AvgIpc) is 3.34. The van der Waals surface area contributed by atoms with Crippen molar-refractivity contribution in [3.8, 4) is 17.2 Å². The number of nitrogens with zero attached hydrogens (tertiary/aromatic N) is 5. The van der Waals surface area contributed by atoms with E-state index in [1.807, 2.05) is 46.0 Å². The molecule has 3 aromatic rings. The third kappa shape index (κ3) is 5.78. The summed E-state index contributed by atoms with van der Waals surface area (Å²) < 4.78 is 5.21. The molecule has 35 heavy (non-hydrogen) atoms. The normalized spacial score (nSPS) is 13.6. The highest BCUT2D eigenvalue weighted by Crippen LogP contribution is 2.34. The average molecular weight is 496 g/mol. The molecule has 0 spiro atoms. The summed E-state index contributed by atoms with van der Waals surface area (Å²) >= 11 is 0. The van der Waals surface area contributed by atoms with Crippen LogP contribution in [0.5, 0.6) is 0 Å². The zero-order chi connectivity index (χ0) is 24.3. The van der Waals surface area contributed by atoms with Gasteiger partial charge in [-0.15, -0.1) is 12.4 Å². The molecule has 10 heteroatoms. The van der Waals surface area contributed by atoms with Gasteiger partial charge in [0.2, 0.25) is 5.89 Å². The van der Waals surface area contributed by atoms with Crippen LogP contribution in [-0.4, -0.2) is 47.2 Å². The molecule has 0 atom stereocenters. The van der Waals surface area contributed by atoms with Crippen LogP contribution < -0.4 is 15.5 Å². The first-order valence-corrected chi connectivity index (χ1v) is 11.3. The summed E-state index contributed by atoms with van der Waals surface area (Å²) in [5, 5.41) is 19.8. The summed E-state index contributed by atoms with van der Waals surface area (Å²) in [6.07, 6.45) is 3.45. The molecule has 1 aliphatic heterocycles. The summed E-state index contributed by atoms with van der Waals surface area (Å²) in [6.45, 7) is 11.7. The van der Waals surface area contributed by atoms with Crippen LogP contribution in [0.15, 0.2) is 35.1 Å². The lowest BCUT2D eigenvalue weighted by atomic mass is 9.95. The Hall–Kier alpha value is -3.48. The predicted molar refractivity (Wildman–Crippen MR) is 136 cm³/mol. The number of carbonyl (C=O) groups excluding carboxylic acids is 1. The van der Waals surface area contributed by atoms with Crippen molar-refractivity contribution in [1.82, 2.24) is 25.8 Å². The number of hydrogen-bond donors (Lipinski definition) is 2. The fourth-order valence-corrected chi connectivity index (χ4v) is 3.91. The van der Waals surface area contributed by atoms with Crippen LogP contribution in [0.4, 0.5) is 5.69 Å². The number of nitriles is 1. The van der Waals surface area contributed by atoms with Gasteiger partial charge in [0, 0.05) is 49.9 Å². The first kappa shape index (κ1) is 26.1. The van der Waals surface area contributed by atoms with E-state index in [-0.39, 0.29) is 29.6 Å². The Bertz CT molecular complexity index is 1240. The third-order valence-corrected chi connectivity index (χ3v) is 5.85. The molecule has 0 aliphatic carbocycles. The molecule has 0 bridgehead atoms. The van der Waals surface area contributed by atoms with E-state index < -0.39 is 0 Å². The summed E-state index contributed by atoms with van der Waals surface area (Å²) in [4.78, 5) is 23.3. The Morgan fingerprint density at radius 1 is 1.26 bits per heavy atom. The molecule has 0 radical (unpaired) electrons. The molecule has 2 N–H and O–H groups in total. The quantitative estimate of drug-likeness (QED) is 0.552. The van der Waals surface area contributed by atoms with Crippen LogP contribution in [0, 0.1) is 18.3 Å². The summed E-state index contributed by atoms with van der Waals surface area (Å²) in [6, 6.07) is 8.31. The molecule has 3 heterocycles. The molecule has 0 unspecified atom stereocenters. The van der Waals surface area contributed by atoms with E-state index in [1.165, 1.54) is 0 Å². The number of hydrogen-bond acceptors (Lipinski definition) is 8.